The maximum atomic E-state index is 11.9. The minimum absolute atomic E-state index is 0.107. The van der Waals surface area contributed by atoms with Gasteiger partial charge in [0.05, 0.1) is 7.11 Å². The Bertz CT molecular complexity index is 747. The molecule has 0 atom stereocenters. The first kappa shape index (κ1) is 17.7. The maximum Gasteiger partial charge on any atom is 0.264 e. The second-order valence-corrected chi connectivity index (χ2v) is 5.70. The number of hydrogen-bond acceptors (Lipinski definition) is 4. The number of anilines is 1. The van der Waals surface area contributed by atoms with Gasteiger partial charge in [0.2, 0.25) is 0 Å². The van der Waals surface area contributed by atoms with Gasteiger partial charge in [-0.25, -0.2) is 0 Å². The predicted molar refractivity (Wildman–Crippen MR) is 98.8 cm³/mol. The normalized spacial score (nSPS) is 9.96. The number of hydrogen-bond donors (Lipinski definition) is 2. The fourth-order valence-corrected chi connectivity index (χ4v) is 2.26. The van der Waals surface area contributed by atoms with Crippen LogP contribution in [0.1, 0.15) is 11.1 Å². The second kappa shape index (κ2) is 8.31. The van der Waals surface area contributed by atoms with Crippen LogP contribution in [-0.2, 0) is 4.79 Å². The Balaban J connectivity index is 1.85. The first-order chi connectivity index (χ1) is 11.5. The van der Waals surface area contributed by atoms with Crippen LogP contribution in [0.15, 0.2) is 42.5 Å². The van der Waals surface area contributed by atoms with Gasteiger partial charge in [-0.3, -0.25) is 10.1 Å². The van der Waals surface area contributed by atoms with Crippen molar-refractivity contribution in [2.24, 2.45) is 0 Å². The molecule has 2 aromatic rings. The van der Waals surface area contributed by atoms with Gasteiger partial charge in [-0.2, -0.15) is 0 Å². The monoisotopic (exact) mass is 344 g/mol. The zero-order valence-corrected chi connectivity index (χ0v) is 14.7. The Kier molecular flexibility index (Phi) is 6.14. The van der Waals surface area contributed by atoms with Crippen molar-refractivity contribution in [1.82, 2.24) is 5.32 Å². The molecule has 2 aromatic carbocycles. The molecular weight excluding hydrogens is 324 g/mol. The number of amides is 1. The van der Waals surface area contributed by atoms with Gasteiger partial charge in [-0.1, -0.05) is 18.2 Å². The lowest BCUT2D eigenvalue weighted by Crippen LogP contribution is -2.37. The van der Waals surface area contributed by atoms with Crippen molar-refractivity contribution in [2.75, 3.05) is 19.0 Å². The van der Waals surface area contributed by atoms with Crippen molar-refractivity contribution < 1.29 is 14.3 Å². The van der Waals surface area contributed by atoms with E-state index in [2.05, 4.69) is 10.6 Å². The first-order valence-electron chi connectivity index (χ1n) is 7.43. The molecule has 0 aromatic heterocycles. The summed E-state index contributed by atoms with van der Waals surface area (Å²) < 4.78 is 10.7. The molecule has 0 radical (unpaired) electrons. The van der Waals surface area contributed by atoms with Gasteiger partial charge in [0.25, 0.3) is 5.91 Å². The quantitative estimate of drug-likeness (QED) is 0.816. The molecule has 0 unspecified atom stereocenters. The summed E-state index contributed by atoms with van der Waals surface area (Å²) in [6, 6.07) is 13.1. The summed E-state index contributed by atoms with van der Waals surface area (Å²) in [6.45, 7) is 3.80. The average Bonchev–Trinajstić information content (AvgIpc) is 2.55. The molecule has 0 saturated heterocycles. The lowest BCUT2D eigenvalue weighted by atomic mass is 10.1. The molecule has 0 aliphatic carbocycles. The summed E-state index contributed by atoms with van der Waals surface area (Å²) in [5.41, 5.74) is 2.78. The average molecular weight is 344 g/mol. The van der Waals surface area contributed by atoms with Crippen molar-refractivity contribution in [3.8, 4) is 11.5 Å². The Morgan fingerprint density at radius 2 is 1.96 bits per heavy atom. The van der Waals surface area contributed by atoms with Crippen LogP contribution in [0.25, 0.3) is 0 Å². The molecule has 0 aliphatic rings. The van der Waals surface area contributed by atoms with Gasteiger partial charge < -0.3 is 14.8 Å². The van der Waals surface area contributed by atoms with E-state index in [1.165, 1.54) is 0 Å². The molecule has 1 amide bonds. The number of carbonyl (C=O) groups is 1. The number of rotatable bonds is 5. The Labute approximate surface area is 147 Å². The van der Waals surface area contributed by atoms with E-state index in [1.54, 1.807) is 13.2 Å². The Morgan fingerprint density at radius 3 is 2.71 bits per heavy atom. The number of aryl methyl sites for hydroxylation is 2. The number of thiocarbonyl (C=S) groups is 1. The molecule has 126 valence electrons. The third kappa shape index (κ3) is 5.24. The van der Waals surface area contributed by atoms with Crippen LogP contribution < -0.4 is 20.1 Å². The zero-order chi connectivity index (χ0) is 17.5. The van der Waals surface area contributed by atoms with Gasteiger partial charge in [0.1, 0.15) is 11.5 Å². The molecular formula is C18H20N2O3S. The van der Waals surface area contributed by atoms with Crippen LogP contribution in [0.4, 0.5) is 5.69 Å². The molecule has 6 heteroatoms. The largest absolute Gasteiger partial charge is 0.497 e. The number of nitrogens with one attached hydrogen (secondary N) is 2. The van der Waals surface area contributed by atoms with Gasteiger partial charge in [0, 0.05) is 11.8 Å². The molecule has 2 N–H and O–H groups in total. The number of ether oxygens (including phenoxy) is 2. The molecule has 2 rings (SSSR count). The fraction of sp³-hybridized carbons (Fsp3) is 0.222. The van der Waals surface area contributed by atoms with Crippen LogP contribution >= 0.6 is 12.2 Å². The van der Waals surface area contributed by atoms with E-state index in [1.807, 2.05) is 50.2 Å². The van der Waals surface area contributed by atoms with Crippen molar-refractivity contribution >= 4 is 28.9 Å². The SMILES string of the molecule is COc1cccc(NC(=S)NC(=O)COc2cc(C)ccc2C)c1. The molecule has 0 spiro atoms. The van der Waals surface area contributed by atoms with Gasteiger partial charge in [-0.05, 0) is 55.4 Å². The molecule has 24 heavy (non-hydrogen) atoms. The smallest absolute Gasteiger partial charge is 0.264 e. The van der Waals surface area contributed by atoms with Crippen LogP contribution in [0.2, 0.25) is 0 Å². The summed E-state index contributed by atoms with van der Waals surface area (Å²) >= 11 is 5.13. The summed E-state index contributed by atoms with van der Waals surface area (Å²) in [6.07, 6.45) is 0. The topological polar surface area (TPSA) is 59.6 Å². The van der Waals surface area contributed by atoms with Crippen molar-refractivity contribution in [1.29, 1.82) is 0 Å². The first-order valence-corrected chi connectivity index (χ1v) is 7.83. The van der Waals surface area contributed by atoms with Gasteiger partial charge in [-0.15, -0.1) is 0 Å². The predicted octanol–water partition coefficient (Wildman–Crippen LogP) is 3.20. The zero-order valence-electron chi connectivity index (χ0n) is 13.9. The molecule has 0 aliphatic heterocycles. The van der Waals surface area contributed by atoms with Crippen molar-refractivity contribution in [3.63, 3.8) is 0 Å². The highest BCUT2D eigenvalue weighted by Crippen LogP contribution is 2.19. The maximum absolute atomic E-state index is 11.9. The highest BCUT2D eigenvalue weighted by atomic mass is 32.1. The van der Waals surface area contributed by atoms with E-state index in [4.69, 9.17) is 21.7 Å². The van der Waals surface area contributed by atoms with Gasteiger partial charge in [0.15, 0.2) is 11.7 Å². The molecule has 0 saturated carbocycles. The standard InChI is InChI=1S/C18H20N2O3S/c1-12-7-8-13(2)16(9-12)23-11-17(21)20-18(24)19-14-5-4-6-15(10-14)22-3/h4-10H,11H2,1-3H3,(H2,19,20,21,24). The minimum Gasteiger partial charge on any atom is -0.497 e. The molecule has 0 heterocycles. The molecule has 5 nitrogen and oxygen atoms in total. The van der Waals surface area contributed by atoms with E-state index in [0.29, 0.717) is 11.5 Å². The van der Waals surface area contributed by atoms with Crippen LogP contribution in [0, 0.1) is 13.8 Å². The Morgan fingerprint density at radius 1 is 1.17 bits per heavy atom. The summed E-state index contributed by atoms with van der Waals surface area (Å²) in [5.74, 6) is 1.07. The number of carbonyl (C=O) groups excluding carboxylic acids is 1. The summed E-state index contributed by atoms with van der Waals surface area (Å²) in [7, 11) is 1.59. The summed E-state index contributed by atoms with van der Waals surface area (Å²) in [4.78, 5) is 11.9. The van der Waals surface area contributed by atoms with Crippen molar-refractivity contribution in [3.05, 3.63) is 53.6 Å². The lowest BCUT2D eigenvalue weighted by Gasteiger charge is -2.12. The van der Waals surface area contributed by atoms with Crippen LogP contribution in [0.3, 0.4) is 0 Å². The molecule has 0 fully saturated rings. The Hall–Kier alpha value is -2.60. The highest BCUT2D eigenvalue weighted by Gasteiger charge is 2.08. The molecule has 0 bridgehead atoms. The van der Waals surface area contributed by atoms with E-state index in [-0.39, 0.29) is 17.6 Å². The number of benzene rings is 2. The summed E-state index contributed by atoms with van der Waals surface area (Å²) in [5, 5.41) is 5.72. The van der Waals surface area contributed by atoms with Crippen molar-refractivity contribution in [2.45, 2.75) is 13.8 Å². The van der Waals surface area contributed by atoms with Gasteiger partial charge >= 0.3 is 0 Å². The van der Waals surface area contributed by atoms with E-state index in [0.717, 1.165) is 16.8 Å². The van der Waals surface area contributed by atoms with E-state index < -0.39 is 0 Å². The van der Waals surface area contributed by atoms with Crippen LogP contribution in [-0.4, -0.2) is 24.7 Å². The third-order valence-corrected chi connectivity index (χ3v) is 3.49. The highest BCUT2D eigenvalue weighted by molar-refractivity contribution is 7.80. The second-order valence-electron chi connectivity index (χ2n) is 5.29. The third-order valence-electron chi connectivity index (χ3n) is 3.28. The van der Waals surface area contributed by atoms with E-state index in [9.17, 15) is 4.79 Å². The number of methoxy groups -OCH3 is 1. The van der Waals surface area contributed by atoms with E-state index >= 15 is 0 Å². The fourth-order valence-electron chi connectivity index (χ4n) is 2.03. The minimum atomic E-state index is -0.323. The lowest BCUT2D eigenvalue weighted by molar-refractivity contribution is -0.121. The van der Waals surface area contributed by atoms with Crippen LogP contribution in [0.5, 0.6) is 11.5 Å².